The number of hydrogen-bond acceptors (Lipinski definition) is 2. The SMILES string of the molecule is CCN(Br)CCOC1C=CC(Cc2ccccc2)=CC1. The Labute approximate surface area is 130 Å². The van der Waals surface area contributed by atoms with Crippen LogP contribution < -0.4 is 0 Å². The summed E-state index contributed by atoms with van der Waals surface area (Å²) in [6, 6.07) is 10.6. The predicted molar refractivity (Wildman–Crippen MR) is 87.9 cm³/mol. The van der Waals surface area contributed by atoms with Crippen molar-refractivity contribution in [2.45, 2.75) is 25.9 Å². The Balaban J connectivity index is 1.73. The minimum atomic E-state index is 0.229. The van der Waals surface area contributed by atoms with Crippen LogP contribution in [-0.2, 0) is 11.2 Å². The van der Waals surface area contributed by atoms with Crippen molar-refractivity contribution in [1.29, 1.82) is 0 Å². The van der Waals surface area contributed by atoms with Gasteiger partial charge < -0.3 is 4.74 Å². The monoisotopic (exact) mass is 335 g/mol. The van der Waals surface area contributed by atoms with Gasteiger partial charge in [-0.25, -0.2) is 3.93 Å². The second-order valence-electron chi connectivity index (χ2n) is 4.95. The predicted octanol–water partition coefficient (Wildman–Crippen LogP) is 4.13. The average molecular weight is 336 g/mol. The van der Waals surface area contributed by atoms with Gasteiger partial charge in [0.2, 0.25) is 0 Å². The Morgan fingerprint density at radius 3 is 2.75 bits per heavy atom. The molecule has 0 saturated carbocycles. The zero-order valence-corrected chi connectivity index (χ0v) is 13.6. The van der Waals surface area contributed by atoms with Gasteiger partial charge in [0.25, 0.3) is 0 Å². The van der Waals surface area contributed by atoms with Crippen LogP contribution in [0.25, 0.3) is 0 Å². The molecule has 0 aromatic heterocycles. The molecule has 3 heteroatoms. The van der Waals surface area contributed by atoms with Gasteiger partial charge >= 0.3 is 0 Å². The quantitative estimate of drug-likeness (QED) is 0.694. The van der Waals surface area contributed by atoms with Gasteiger partial charge in [0, 0.05) is 29.2 Å². The summed E-state index contributed by atoms with van der Waals surface area (Å²) in [7, 11) is 0. The molecule has 0 radical (unpaired) electrons. The topological polar surface area (TPSA) is 12.5 Å². The van der Waals surface area contributed by atoms with E-state index in [0.29, 0.717) is 0 Å². The van der Waals surface area contributed by atoms with Crippen LogP contribution in [-0.4, -0.2) is 29.7 Å². The van der Waals surface area contributed by atoms with Gasteiger partial charge in [-0.1, -0.05) is 55.5 Å². The lowest BCUT2D eigenvalue weighted by atomic mass is 9.98. The molecular formula is C17H22BrNO. The van der Waals surface area contributed by atoms with E-state index in [2.05, 4.69) is 75.6 Å². The highest BCUT2D eigenvalue weighted by molar-refractivity contribution is 9.07. The van der Waals surface area contributed by atoms with Gasteiger partial charge in [0.05, 0.1) is 12.7 Å². The summed E-state index contributed by atoms with van der Waals surface area (Å²) >= 11 is 3.47. The summed E-state index contributed by atoms with van der Waals surface area (Å²) in [5.74, 6) is 0. The number of allylic oxidation sites excluding steroid dienone is 2. The number of benzene rings is 1. The highest BCUT2D eigenvalue weighted by atomic mass is 79.9. The Morgan fingerprint density at radius 2 is 2.10 bits per heavy atom. The molecule has 1 atom stereocenters. The van der Waals surface area contributed by atoms with E-state index in [-0.39, 0.29) is 6.10 Å². The molecule has 1 aromatic carbocycles. The van der Waals surface area contributed by atoms with Crippen molar-refractivity contribution < 1.29 is 4.74 Å². The van der Waals surface area contributed by atoms with Gasteiger partial charge in [-0.2, -0.15) is 0 Å². The minimum absolute atomic E-state index is 0.229. The zero-order chi connectivity index (χ0) is 14.2. The molecule has 2 nitrogen and oxygen atoms in total. The first-order chi connectivity index (χ1) is 9.78. The molecule has 1 unspecified atom stereocenters. The summed E-state index contributed by atoms with van der Waals surface area (Å²) in [6.45, 7) is 4.79. The summed E-state index contributed by atoms with van der Waals surface area (Å²) in [6.07, 6.45) is 8.90. The lowest BCUT2D eigenvalue weighted by Crippen LogP contribution is -2.21. The van der Waals surface area contributed by atoms with E-state index in [1.807, 2.05) is 0 Å². The summed E-state index contributed by atoms with van der Waals surface area (Å²) in [4.78, 5) is 0. The smallest absolute Gasteiger partial charge is 0.0794 e. The third-order valence-electron chi connectivity index (χ3n) is 3.40. The van der Waals surface area contributed by atoms with Crippen molar-refractivity contribution in [1.82, 2.24) is 3.93 Å². The van der Waals surface area contributed by atoms with E-state index in [0.717, 1.165) is 32.5 Å². The molecule has 1 aliphatic carbocycles. The number of ether oxygens (including phenoxy) is 1. The number of likely N-dealkylation sites (N-methyl/N-ethyl adjacent to an activating group) is 1. The van der Waals surface area contributed by atoms with Crippen LogP contribution >= 0.6 is 16.1 Å². The largest absolute Gasteiger partial charge is 0.372 e. The maximum atomic E-state index is 5.85. The number of nitrogens with zero attached hydrogens (tertiary/aromatic N) is 1. The first kappa shape index (κ1) is 15.5. The van der Waals surface area contributed by atoms with E-state index in [1.165, 1.54) is 11.1 Å². The molecule has 0 N–H and O–H groups in total. The molecule has 108 valence electrons. The summed E-state index contributed by atoms with van der Waals surface area (Å²) < 4.78 is 7.93. The number of hydrogen-bond donors (Lipinski definition) is 0. The first-order valence-electron chi connectivity index (χ1n) is 7.21. The molecule has 0 bridgehead atoms. The Bertz CT molecular complexity index is 455. The fourth-order valence-corrected chi connectivity index (χ4v) is 2.34. The molecule has 0 saturated heterocycles. The third-order valence-corrected chi connectivity index (χ3v) is 4.25. The van der Waals surface area contributed by atoms with E-state index in [4.69, 9.17) is 4.74 Å². The fraction of sp³-hybridized carbons (Fsp3) is 0.412. The second kappa shape index (κ2) is 8.40. The van der Waals surface area contributed by atoms with Gasteiger partial charge in [0.15, 0.2) is 0 Å². The lowest BCUT2D eigenvalue weighted by Gasteiger charge is -2.19. The van der Waals surface area contributed by atoms with Gasteiger partial charge in [-0.3, -0.25) is 0 Å². The standard InChI is InChI=1S/C17H22BrNO/c1-2-19(18)12-13-20-17-10-8-16(9-11-17)14-15-6-4-3-5-7-15/h3-10,17H,2,11-14H2,1H3. The van der Waals surface area contributed by atoms with Crippen LogP contribution in [0, 0.1) is 0 Å². The fourth-order valence-electron chi connectivity index (χ4n) is 2.19. The van der Waals surface area contributed by atoms with Crippen LogP contribution in [0.3, 0.4) is 0 Å². The minimum Gasteiger partial charge on any atom is -0.372 e. The van der Waals surface area contributed by atoms with Crippen LogP contribution in [0.5, 0.6) is 0 Å². The molecule has 0 spiro atoms. The normalized spacial score (nSPS) is 18.4. The van der Waals surface area contributed by atoms with Gasteiger partial charge in [-0.05, 0) is 24.0 Å². The molecule has 0 amide bonds. The molecule has 1 aromatic rings. The van der Waals surface area contributed by atoms with Crippen molar-refractivity contribution >= 4 is 16.1 Å². The van der Waals surface area contributed by atoms with Crippen LogP contribution in [0.2, 0.25) is 0 Å². The van der Waals surface area contributed by atoms with E-state index in [1.54, 1.807) is 0 Å². The van der Waals surface area contributed by atoms with Crippen LogP contribution in [0.4, 0.5) is 0 Å². The van der Waals surface area contributed by atoms with Gasteiger partial charge in [0.1, 0.15) is 0 Å². The second-order valence-corrected chi connectivity index (χ2v) is 5.95. The van der Waals surface area contributed by atoms with E-state index in [9.17, 15) is 0 Å². The highest BCUT2D eigenvalue weighted by Crippen LogP contribution is 2.17. The maximum absolute atomic E-state index is 5.85. The summed E-state index contributed by atoms with van der Waals surface area (Å²) in [5, 5.41) is 0. The Hall–Kier alpha value is -0.900. The molecule has 0 aliphatic heterocycles. The van der Waals surface area contributed by atoms with Crippen molar-refractivity contribution in [2.24, 2.45) is 0 Å². The molecular weight excluding hydrogens is 314 g/mol. The van der Waals surface area contributed by atoms with Crippen molar-refractivity contribution in [3.8, 4) is 0 Å². The number of halogens is 1. The Morgan fingerprint density at radius 1 is 1.30 bits per heavy atom. The van der Waals surface area contributed by atoms with Crippen LogP contribution in [0.15, 0.2) is 54.1 Å². The highest BCUT2D eigenvalue weighted by Gasteiger charge is 2.09. The molecule has 1 aliphatic rings. The lowest BCUT2D eigenvalue weighted by molar-refractivity contribution is 0.0808. The van der Waals surface area contributed by atoms with E-state index < -0.39 is 0 Å². The van der Waals surface area contributed by atoms with Crippen LogP contribution in [0.1, 0.15) is 18.9 Å². The maximum Gasteiger partial charge on any atom is 0.0794 e. The molecule has 0 heterocycles. The summed E-state index contributed by atoms with van der Waals surface area (Å²) in [5.41, 5.74) is 2.74. The Kier molecular flexibility index (Phi) is 6.51. The molecule has 0 fully saturated rings. The van der Waals surface area contributed by atoms with E-state index >= 15 is 0 Å². The first-order valence-corrected chi connectivity index (χ1v) is 7.92. The molecule has 2 rings (SSSR count). The number of rotatable bonds is 7. The van der Waals surface area contributed by atoms with Crippen molar-refractivity contribution in [3.05, 3.63) is 59.7 Å². The molecule has 20 heavy (non-hydrogen) atoms. The van der Waals surface area contributed by atoms with Gasteiger partial charge in [-0.15, -0.1) is 0 Å². The zero-order valence-electron chi connectivity index (χ0n) is 12.0. The average Bonchev–Trinajstić information content (AvgIpc) is 2.50. The van der Waals surface area contributed by atoms with Crippen molar-refractivity contribution in [2.75, 3.05) is 19.7 Å². The third kappa shape index (κ3) is 5.23. The van der Waals surface area contributed by atoms with Crippen molar-refractivity contribution in [3.63, 3.8) is 0 Å².